The highest BCUT2D eigenvalue weighted by molar-refractivity contribution is 5.84. The minimum Gasteiger partial charge on any atom is -0.497 e. The van der Waals surface area contributed by atoms with Gasteiger partial charge < -0.3 is 9.47 Å². The standard InChI is InChI=1S/C18H15NO5/c1-23-16-10-6-14(7-11-16)4-2-3-5-18(20)24-17-12-8-15(9-13-17)19(21)22/h2-13H,1H3/b4-2+,5-3+. The average molecular weight is 325 g/mol. The van der Waals surface area contributed by atoms with Crippen molar-refractivity contribution in [1.29, 1.82) is 0 Å². The summed E-state index contributed by atoms with van der Waals surface area (Å²) in [5.41, 5.74) is 0.900. The van der Waals surface area contributed by atoms with Gasteiger partial charge >= 0.3 is 5.97 Å². The summed E-state index contributed by atoms with van der Waals surface area (Å²) in [6.45, 7) is 0. The van der Waals surface area contributed by atoms with Crippen LogP contribution in [0, 0.1) is 10.1 Å². The molecule has 2 aromatic carbocycles. The number of hydrogen-bond donors (Lipinski definition) is 0. The number of benzene rings is 2. The van der Waals surface area contributed by atoms with Crippen molar-refractivity contribution >= 4 is 17.7 Å². The third-order valence-electron chi connectivity index (χ3n) is 3.01. The maximum Gasteiger partial charge on any atom is 0.336 e. The lowest BCUT2D eigenvalue weighted by molar-refractivity contribution is -0.384. The molecule has 0 aliphatic carbocycles. The zero-order valence-corrected chi connectivity index (χ0v) is 12.9. The van der Waals surface area contributed by atoms with Gasteiger partial charge in [-0.2, -0.15) is 0 Å². The fourth-order valence-electron chi connectivity index (χ4n) is 1.80. The van der Waals surface area contributed by atoms with E-state index in [0.717, 1.165) is 11.3 Å². The Hall–Kier alpha value is -3.41. The first kappa shape index (κ1) is 17.0. The van der Waals surface area contributed by atoms with Crippen LogP contribution in [-0.2, 0) is 4.79 Å². The van der Waals surface area contributed by atoms with E-state index in [1.807, 2.05) is 30.3 Å². The summed E-state index contributed by atoms with van der Waals surface area (Å²) in [5, 5.41) is 10.5. The van der Waals surface area contributed by atoms with Gasteiger partial charge in [0.1, 0.15) is 11.5 Å². The molecule has 0 N–H and O–H groups in total. The molecule has 0 heterocycles. The molecule has 122 valence electrons. The van der Waals surface area contributed by atoms with Gasteiger partial charge in [0.2, 0.25) is 0 Å². The van der Waals surface area contributed by atoms with Crippen molar-refractivity contribution in [2.45, 2.75) is 0 Å². The highest BCUT2D eigenvalue weighted by Crippen LogP contribution is 2.17. The minimum atomic E-state index is -0.566. The van der Waals surface area contributed by atoms with E-state index in [1.165, 1.54) is 30.3 Å². The van der Waals surface area contributed by atoms with E-state index >= 15 is 0 Å². The predicted molar refractivity (Wildman–Crippen MR) is 89.9 cm³/mol. The van der Waals surface area contributed by atoms with Crippen molar-refractivity contribution in [2.75, 3.05) is 7.11 Å². The number of nitro groups is 1. The van der Waals surface area contributed by atoms with Gasteiger partial charge in [0.05, 0.1) is 12.0 Å². The zero-order chi connectivity index (χ0) is 17.4. The Bertz CT molecular complexity index is 761. The molecular formula is C18H15NO5. The quantitative estimate of drug-likeness (QED) is 0.202. The van der Waals surface area contributed by atoms with Gasteiger partial charge in [-0.1, -0.05) is 30.4 Å². The highest BCUT2D eigenvalue weighted by Gasteiger charge is 2.05. The van der Waals surface area contributed by atoms with E-state index in [4.69, 9.17) is 9.47 Å². The Balaban J connectivity index is 1.87. The largest absolute Gasteiger partial charge is 0.497 e. The number of rotatable bonds is 6. The zero-order valence-electron chi connectivity index (χ0n) is 12.9. The average Bonchev–Trinajstić information content (AvgIpc) is 2.59. The molecule has 0 aliphatic rings. The molecule has 0 aromatic heterocycles. The van der Waals surface area contributed by atoms with Crippen molar-refractivity contribution in [3.8, 4) is 11.5 Å². The summed E-state index contributed by atoms with van der Waals surface area (Å²) in [4.78, 5) is 21.6. The van der Waals surface area contributed by atoms with Gasteiger partial charge in [-0.3, -0.25) is 10.1 Å². The van der Waals surface area contributed by atoms with Crippen LogP contribution in [0.5, 0.6) is 11.5 Å². The van der Waals surface area contributed by atoms with Gasteiger partial charge in [0, 0.05) is 18.2 Å². The molecule has 0 bridgehead atoms. The number of carbonyl (C=O) groups is 1. The van der Waals surface area contributed by atoms with Crippen molar-refractivity contribution in [3.63, 3.8) is 0 Å². The molecule has 0 saturated carbocycles. The minimum absolute atomic E-state index is 0.0623. The summed E-state index contributed by atoms with van der Waals surface area (Å²) in [6.07, 6.45) is 6.35. The predicted octanol–water partition coefficient (Wildman–Crippen LogP) is 3.78. The molecule has 6 heteroatoms. The molecule has 2 aromatic rings. The molecular weight excluding hydrogens is 310 g/mol. The fourth-order valence-corrected chi connectivity index (χ4v) is 1.80. The number of nitro benzene ring substituents is 1. The molecule has 24 heavy (non-hydrogen) atoms. The number of nitrogens with zero attached hydrogens (tertiary/aromatic N) is 1. The third kappa shape index (κ3) is 5.10. The molecule has 0 radical (unpaired) electrons. The Labute approximate surface area is 138 Å². The van der Waals surface area contributed by atoms with Crippen LogP contribution in [0.1, 0.15) is 5.56 Å². The number of carbonyl (C=O) groups excluding carboxylic acids is 1. The van der Waals surface area contributed by atoms with Gasteiger partial charge in [0.25, 0.3) is 5.69 Å². The third-order valence-corrected chi connectivity index (χ3v) is 3.01. The first-order valence-electron chi connectivity index (χ1n) is 7.03. The molecule has 0 unspecified atom stereocenters. The Morgan fingerprint density at radius 3 is 2.21 bits per heavy atom. The van der Waals surface area contributed by atoms with E-state index < -0.39 is 10.9 Å². The molecule has 0 fully saturated rings. The van der Waals surface area contributed by atoms with Crippen LogP contribution in [0.3, 0.4) is 0 Å². The van der Waals surface area contributed by atoms with Crippen molar-refractivity contribution in [3.05, 3.63) is 82.4 Å². The van der Waals surface area contributed by atoms with E-state index in [0.29, 0.717) is 0 Å². The molecule has 0 aliphatic heterocycles. The monoisotopic (exact) mass is 325 g/mol. The van der Waals surface area contributed by atoms with Crippen LogP contribution in [0.2, 0.25) is 0 Å². The molecule has 6 nitrogen and oxygen atoms in total. The second-order valence-electron chi connectivity index (χ2n) is 4.66. The highest BCUT2D eigenvalue weighted by atomic mass is 16.6. The Kier molecular flexibility index (Phi) is 5.85. The SMILES string of the molecule is COc1ccc(/C=C/C=C/C(=O)Oc2ccc([N+](=O)[O-])cc2)cc1. The van der Waals surface area contributed by atoms with Crippen LogP contribution in [0.15, 0.2) is 66.8 Å². The van der Waals surface area contributed by atoms with Crippen LogP contribution < -0.4 is 9.47 Å². The fraction of sp³-hybridized carbons (Fsp3) is 0.0556. The second-order valence-corrected chi connectivity index (χ2v) is 4.66. The maximum absolute atomic E-state index is 11.6. The molecule has 0 atom stereocenters. The first-order valence-corrected chi connectivity index (χ1v) is 7.03. The summed E-state index contributed by atoms with van der Waals surface area (Å²) < 4.78 is 10.1. The van der Waals surface area contributed by atoms with E-state index in [-0.39, 0.29) is 11.4 Å². The number of esters is 1. The summed E-state index contributed by atoms with van der Waals surface area (Å²) in [7, 11) is 1.60. The van der Waals surface area contributed by atoms with Crippen molar-refractivity contribution in [2.24, 2.45) is 0 Å². The van der Waals surface area contributed by atoms with Gasteiger partial charge in [-0.15, -0.1) is 0 Å². The molecule has 0 saturated heterocycles. The van der Waals surface area contributed by atoms with Crippen LogP contribution in [0.4, 0.5) is 5.69 Å². The summed E-state index contributed by atoms with van der Waals surface area (Å²) >= 11 is 0. The normalized spacial score (nSPS) is 10.9. The number of non-ortho nitro benzene ring substituents is 1. The summed E-state index contributed by atoms with van der Waals surface area (Å²) in [5.74, 6) is 0.451. The molecule has 0 amide bonds. The number of hydrogen-bond acceptors (Lipinski definition) is 5. The summed E-state index contributed by atoms with van der Waals surface area (Å²) in [6, 6.07) is 12.7. The number of methoxy groups -OCH3 is 1. The second kappa shape index (κ2) is 8.28. The number of allylic oxidation sites excluding steroid dienone is 2. The van der Waals surface area contributed by atoms with E-state index in [1.54, 1.807) is 19.3 Å². The van der Waals surface area contributed by atoms with Crippen molar-refractivity contribution in [1.82, 2.24) is 0 Å². The molecule has 0 spiro atoms. The van der Waals surface area contributed by atoms with Gasteiger partial charge in [0.15, 0.2) is 0 Å². The van der Waals surface area contributed by atoms with E-state index in [2.05, 4.69) is 0 Å². The molecule has 2 rings (SSSR count). The van der Waals surface area contributed by atoms with Crippen LogP contribution in [-0.4, -0.2) is 18.0 Å². The van der Waals surface area contributed by atoms with Gasteiger partial charge in [-0.25, -0.2) is 4.79 Å². The van der Waals surface area contributed by atoms with Gasteiger partial charge in [-0.05, 0) is 29.8 Å². The lowest BCUT2D eigenvalue weighted by atomic mass is 10.2. The lowest BCUT2D eigenvalue weighted by Crippen LogP contribution is -2.03. The Morgan fingerprint density at radius 1 is 1.00 bits per heavy atom. The first-order chi connectivity index (χ1) is 11.6. The number of ether oxygens (including phenoxy) is 2. The smallest absolute Gasteiger partial charge is 0.336 e. The van der Waals surface area contributed by atoms with Crippen molar-refractivity contribution < 1.29 is 19.2 Å². The topological polar surface area (TPSA) is 78.7 Å². The van der Waals surface area contributed by atoms with Crippen LogP contribution in [0.25, 0.3) is 6.08 Å². The lowest BCUT2D eigenvalue weighted by Gasteiger charge is -2.00. The Morgan fingerprint density at radius 2 is 1.62 bits per heavy atom. The van der Waals surface area contributed by atoms with Crippen LogP contribution >= 0.6 is 0 Å². The van der Waals surface area contributed by atoms with E-state index in [9.17, 15) is 14.9 Å². The maximum atomic E-state index is 11.6.